The van der Waals surface area contributed by atoms with Crippen molar-refractivity contribution in [3.63, 3.8) is 0 Å². The molecule has 1 atom stereocenters. The lowest BCUT2D eigenvalue weighted by Gasteiger charge is -2.40. The van der Waals surface area contributed by atoms with E-state index in [4.69, 9.17) is 32.2 Å². The van der Waals surface area contributed by atoms with Gasteiger partial charge in [-0.15, -0.1) is 0 Å². The number of amides is 4. The minimum Gasteiger partial charge on any atom is -0.480 e. The van der Waals surface area contributed by atoms with Gasteiger partial charge in [-0.3, -0.25) is 34.8 Å². The Morgan fingerprint density at radius 2 is 1.25 bits per heavy atom. The number of carbonyl (C=O) groups is 6. The predicted molar refractivity (Wildman–Crippen MR) is 162 cm³/mol. The molecule has 0 radical (unpaired) electrons. The highest BCUT2D eigenvalue weighted by molar-refractivity contribution is 6.00. The van der Waals surface area contributed by atoms with Gasteiger partial charge in [0.2, 0.25) is 11.8 Å². The lowest BCUT2D eigenvalue weighted by molar-refractivity contribution is -0.192. The maximum Gasteiger partial charge on any atom is 0.490 e. The number of amidine groups is 2. The van der Waals surface area contributed by atoms with Gasteiger partial charge in [0.15, 0.2) is 0 Å². The summed E-state index contributed by atoms with van der Waals surface area (Å²) in [6.45, 7) is -0.591. The Kier molecular flexibility index (Phi) is 13.6. The van der Waals surface area contributed by atoms with Crippen LogP contribution >= 0.6 is 0 Å². The molecule has 0 saturated carbocycles. The Morgan fingerprint density at radius 1 is 0.812 bits per heavy atom. The molecule has 2 aromatic carbocycles. The molecule has 1 aliphatic rings. The molecular formula is C29H33F3N8O8. The number of hydrogen-bond donors (Lipinski definition) is 8. The topological polar surface area (TPSA) is 273 Å². The van der Waals surface area contributed by atoms with Crippen LogP contribution in [0.25, 0.3) is 0 Å². The van der Waals surface area contributed by atoms with Crippen molar-refractivity contribution in [2.45, 2.75) is 25.1 Å². The molecule has 1 fully saturated rings. The van der Waals surface area contributed by atoms with E-state index < -0.39 is 48.4 Å². The number of nitrogens with one attached hydrogen (secondary N) is 4. The number of nitrogens with two attached hydrogens (primary N) is 2. The van der Waals surface area contributed by atoms with Crippen molar-refractivity contribution in [3.05, 3.63) is 70.8 Å². The first-order chi connectivity index (χ1) is 22.4. The number of nitrogen functional groups attached to an aromatic ring is 2. The summed E-state index contributed by atoms with van der Waals surface area (Å²) in [6, 6.07) is 11.2. The highest BCUT2D eigenvalue weighted by atomic mass is 19.4. The molecule has 1 aliphatic heterocycles. The number of halogens is 3. The average molecular weight is 679 g/mol. The van der Waals surface area contributed by atoms with Crippen LogP contribution in [-0.2, 0) is 19.2 Å². The molecular weight excluding hydrogens is 645 g/mol. The number of benzene rings is 2. The summed E-state index contributed by atoms with van der Waals surface area (Å²) in [5.41, 5.74) is 12.4. The molecule has 1 saturated heterocycles. The first-order valence-corrected chi connectivity index (χ1v) is 14.0. The van der Waals surface area contributed by atoms with E-state index in [-0.39, 0.29) is 55.7 Å². The van der Waals surface area contributed by atoms with E-state index in [9.17, 15) is 42.3 Å². The van der Waals surface area contributed by atoms with Gasteiger partial charge >= 0.3 is 18.1 Å². The van der Waals surface area contributed by atoms with Gasteiger partial charge in [0.1, 0.15) is 24.3 Å². The van der Waals surface area contributed by atoms with Crippen LogP contribution < -0.4 is 22.1 Å². The molecule has 0 bridgehead atoms. The maximum absolute atomic E-state index is 13.1. The molecule has 16 nitrogen and oxygen atoms in total. The van der Waals surface area contributed by atoms with Gasteiger partial charge in [-0.25, -0.2) is 4.79 Å². The number of carbonyl (C=O) groups excluding carboxylic acids is 4. The van der Waals surface area contributed by atoms with E-state index in [1.807, 2.05) is 0 Å². The van der Waals surface area contributed by atoms with Crippen LogP contribution in [0.5, 0.6) is 0 Å². The SMILES string of the molecule is N=C(N)c1ccc(C(=O)NCCC[C@@H]2C(=O)N(CC(=O)O)CCN2C(=O)CNC(=O)c2ccc(C(=N)N)cc2)cc1.O=C(O)C(F)(F)F. The highest BCUT2D eigenvalue weighted by Crippen LogP contribution is 2.17. The fourth-order valence-electron chi connectivity index (χ4n) is 4.30. The van der Waals surface area contributed by atoms with Crippen molar-refractivity contribution in [3.8, 4) is 0 Å². The van der Waals surface area contributed by atoms with Crippen molar-refractivity contribution in [2.24, 2.45) is 11.5 Å². The molecule has 258 valence electrons. The van der Waals surface area contributed by atoms with Crippen LogP contribution in [0.3, 0.4) is 0 Å². The summed E-state index contributed by atoms with van der Waals surface area (Å²) in [4.78, 5) is 73.7. The molecule has 1 heterocycles. The molecule has 48 heavy (non-hydrogen) atoms. The molecule has 4 amide bonds. The van der Waals surface area contributed by atoms with Gasteiger partial charge in [-0.05, 0) is 37.1 Å². The molecule has 19 heteroatoms. The third kappa shape index (κ3) is 11.4. The smallest absolute Gasteiger partial charge is 0.480 e. The summed E-state index contributed by atoms with van der Waals surface area (Å²) in [6.07, 6.45) is -4.61. The quantitative estimate of drug-likeness (QED) is 0.0842. The summed E-state index contributed by atoms with van der Waals surface area (Å²) in [5.74, 6) is -6.13. The van der Waals surface area contributed by atoms with E-state index in [1.165, 1.54) is 46.2 Å². The van der Waals surface area contributed by atoms with Crippen LogP contribution in [0.1, 0.15) is 44.7 Å². The lowest BCUT2D eigenvalue weighted by Crippen LogP contribution is -2.60. The number of rotatable bonds is 12. The molecule has 3 rings (SSSR count). The second-order valence-corrected chi connectivity index (χ2v) is 10.1. The van der Waals surface area contributed by atoms with Gasteiger partial charge < -0.3 is 42.1 Å². The zero-order valence-electron chi connectivity index (χ0n) is 25.2. The molecule has 10 N–H and O–H groups in total. The van der Waals surface area contributed by atoms with E-state index >= 15 is 0 Å². The predicted octanol–water partition coefficient (Wildman–Crippen LogP) is -0.0480. The first-order valence-electron chi connectivity index (χ1n) is 14.0. The number of hydrogen-bond acceptors (Lipinski definition) is 8. The summed E-state index contributed by atoms with van der Waals surface area (Å²) in [5, 5.41) is 36.4. The Labute approximate surface area is 270 Å². The number of nitrogens with zero attached hydrogens (tertiary/aromatic N) is 2. The lowest BCUT2D eigenvalue weighted by atomic mass is 10.0. The van der Waals surface area contributed by atoms with Gasteiger partial charge in [-0.2, -0.15) is 13.2 Å². The number of carboxylic acids is 2. The second kappa shape index (κ2) is 17.1. The fourth-order valence-corrected chi connectivity index (χ4v) is 4.30. The fraction of sp³-hybridized carbons (Fsp3) is 0.310. The number of piperazine rings is 1. The van der Waals surface area contributed by atoms with Gasteiger partial charge in [-0.1, -0.05) is 24.3 Å². The third-order valence-corrected chi connectivity index (χ3v) is 6.73. The Morgan fingerprint density at radius 3 is 1.67 bits per heavy atom. The number of carboxylic acid groups (broad SMARTS) is 2. The van der Waals surface area contributed by atoms with Crippen LogP contribution in [0.15, 0.2) is 48.5 Å². The van der Waals surface area contributed by atoms with Crippen molar-refractivity contribution in [1.82, 2.24) is 20.4 Å². The minimum absolute atomic E-state index is 0.0286. The van der Waals surface area contributed by atoms with E-state index in [1.54, 1.807) is 12.1 Å². The van der Waals surface area contributed by atoms with E-state index in [2.05, 4.69) is 10.6 Å². The maximum atomic E-state index is 13.1. The highest BCUT2D eigenvalue weighted by Gasteiger charge is 2.39. The Balaban J connectivity index is 0.00000103. The van der Waals surface area contributed by atoms with Crippen LogP contribution in [0.2, 0.25) is 0 Å². The average Bonchev–Trinajstić information content (AvgIpc) is 3.02. The van der Waals surface area contributed by atoms with E-state index in [0.717, 1.165) is 0 Å². The zero-order valence-corrected chi connectivity index (χ0v) is 25.2. The Hall–Kier alpha value is -6.01. The van der Waals surface area contributed by atoms with Crippen LogP contribution in [0.4, 0.5) is 13.2 Å². The number of aliphatic carboxylic acids is 2. The van der Waals surface area contributed by atoms with Crippen molar-refractivity contribution < 1.29 is 52.2 Å². The van der Waals surface area contributed by atoms with Crippen LogP contribution in [0, 0.1) is 10.8 Å². The molecule has 0 unspecified atom stereocenters. The second-order valence-electron chi connectivity index (χ2n) is 10.1. The number of alkyl halides is 3. The van der Waals surface area contributed by atoms with Crippen LogP contribution in [-0.4, -0.2) is 112 Å². The largest absolute Gasteiger partial charge is 0.490 e. The standard InChI is InChI=1S/C27H32N8O6.C2HF3O2/c28-23(29)16-3-7-18(8-4-16)25(39)32-11-1-2-20-27(41)34(15-22(37)38)12-13-35(20)21(36)14-33-26(40)19-9-5-17(6-10-19)24(30)31;3-2(4,5)1(6)7/h3-10,20H,1-2,11-15H2,(H3,28,29)(H3,30,31)(H,32,39)(H,33,40)(H,37,38);(H,6,7)/t20-;/m1./s1. The van der Waals surface area contributed by atoms with Gasteiger partial charge in [0.25, 0.3) is 11.8 Å². The molecule has 2 aromatic rings. The summed E-state index contributed by atoms with van der Waals surface area (Å²) in [7, 11) is 0. The van der Waals surface area contributed by atoms with Crippen molar-refractivity contribution in [2.75, 3.05) is 32.7 Å². The van der Waals surface area contributed by atoms with E-state index in [0.29, 0.717) is 23.1 Å². The zero-order chi connectivity index (χ0) is 36.2. The minimum atomic E-state index is -5.08. The Bertz CT molecular complexity index is 1550. The molecule has 0 aliphatic carbocycles. The van der Waals surface area contributed by atoms with Gasteiger partial charge in [0.05, 0.1) is 6.54 Å². The molecule has 0 spiro atoms. The van der Waals surface area contributed by atoms with Crippen molar-refractivity contribution >= 4 is 47.2 Å². The first kappa shape index (κ1) is 38.2. The third-order valence-electron chi connectivity index (χ3n) is 6.73. The normalized spacial score (nSPS) is 14.2. The monoisotopic (exact) mass is 678 g/mol. The summed E-state index contributed by atoms with van der Waals surface area (Å²) < 4.78 is 31.7. The molecule has 0 aromatic heterocycles. The summed E-state index contributed by atoms with van der Waals surface area (Å²) >= 11 is 0. The van der Waals surface area contributed by atoms with Gasteiger partial charge in [0, 0.05) is 41.9 Å². The van der Waals surface area contributed by atoms with Crippen molar-refractivity contribution in [1.29, 1.82) is 10.8 Å².